The molecule has 0 bridgehead atoms. The maximum atomic E-state index is 8.36. The second-order valence-electron chi connectivity index (χ2n) is 0.238. The van der Waals surface area contributed by atoms with Crippen LogP contribution in [0.1, 0.15) is 0 Å². The van der Waals surface area contributed by atoms with E-state index in [4.69, 9.17) is 15.3 Å². The standard InChI is InChI=1S/Bi.HNO3.3H/c;2-1(3)4;;;/h;(H,2,3,4);;;. The molecule has 0 saturated carbocycles. The van der Waals surface area contributed by atoms with E-state index in [-0.39, 0.29) is 26.2 Å². The zero-order valence-electron chi connectivity index (χ0n) is 2.42. The second-order valence-corrected chi connectivity index (χ2v) is 0.238. The Morgan fingerprint density at radius 2 is 1.80 bits per heavy atom. The first-order chi connectivity index (χ1) is 1.73. The van der Waals surface area contributed by atoms with Crippen LogP contribution in [0.4, 0.5) is 0 Å². The summed E-state index contributed by atoms with van der Waals surface area (Å²) in [4.78, 5) is 8.36. The van der Waals surface area contributed by atoms with Gasteiger partial charge in [0.25, 0.3) is 5.09 Å². The molecule has 0 fully saturated rings. The summed E-state index contributed by atoms with van der Waals surface area (Å²) in [6, 6.07) is 0. The van der Waals surface area contributed by atoms with Gasteiger partial charge in [0.05, 0.1) is 0 Å². The van der Waals surface area contributed by atoms with Crippen molar-refractivity contribution in [3.63, 3.8) is 0 Å². The Morgan fingerprint density at radius 3 is 1.80 bits per heavy atom. The van der Waals surface area contributed by atoms with Gasteiger partial charge in [0.15, 0.2) is 0 Å². The van der Waals surface area contributed by atoms with E-state index < -0.39 is 5.09 Å². The number of rotatable bonds is 0. The van der Waals surface area contributed by atoms with Crippen LogP contribution in [0, 0.1) is 10.1 Å². The van der Waals surface area contributed by atoms with E-state index >= 15 is 0 Å². The van der Waals surface area contributed by atoms with Crippen molar-refractivity contribution in [2.75, 3.05) is 0 Å². The van der Waals surface area contributed by atoms with E-state index in [9.17, 15) is 0 Å². The third-order valence-corrected chi connectivity index (χ3v) is 0. The first-order valence-electron chi connectivity index (χ1n) is 0.565. The van der Waals surface area contributed by atoms with Crippen LogP contribution in [0.3, 0.4) is 0 Å². The number of nitrogens with zero attached hydrogens (tertiary/aromatic N) is 1. The number of hydrogen-bond acceptors (Lipinski definition) is 2. The zero-order chi connectivity index (χ0) is 3.58. The van der Waals surface area contributed by atoms with Crippen LogP contribution >= 0.6 is 0 Å². The Bertz CT molecular complexity index is 29.9. The molecule has 0 saturated heterocycles. The predicted octanol–water partition coefficient (Wildman–Crippen LogP) is -1.53. The van der Waals surface area contributed by atoms with Gasteiger partial charge in [-0.05, 0) is 0 Å². The van der Waals surface area contributed by atoms with Crippen molar-refractivity contribution in [1.29, 1.82) is 0 Å². The van der Waals surface area contributed by atoms with Crippen LogP contribution in [-0.4, -0.2) is 36.5 Å². The van der Waals surface area contributed by atoms with Crippen LogP contribution in [0.15, 0.2) is 0 Å². The molecule has 1 N–H and O–H groups in total. The van der Waals surface area contributed by atoms with E-state index in [1.807, 2.05) is 0 Å². The average molecular weight is 275 g/mol. The van der Waals surface area contributed by atoms with Crippen molar-refractivity contribution in [3.8, 4) is 0 Å². The van der Waals surface area contributed by atoms with Gasteiger partial charge in [0.2, 0.25) is 0 Å². The SMILES string of the molecule is O=[N+]([O-])O.[BiH3]. The van der Waals surface area contributed by atoms with Crippen LogP contribution < -0.4 is 0 Å². The molecule has 0 aliphatic heterocycles. The first-order valence-corrected chi connectivity index (χ1v) is 0.565. The molecule has 0 atom stereocenters. The van der Waals surface area contributed by atoms with Gasteiger partial charge in [-0.15, -0.1) is 10.1 Å². The van der Waals surface area contributed by atoms with Crippen LogP contribution in [-0.2, 0) is 0 Å². The molecule has 0 unspecified atom stereocenters. The quantitative estimate of drug-likeness (QED) is 0.331. The van der Waals surface area contributed by atoms with Gasteiger partial charge in [-0.1, -0.05) is 0 Å². The molecule has 4 nitrogen and oxygen atoms in total. The predicted molar refractivity (Wildman–Crippen MR) is 18.7 cm³/mol. The fourth-order valence-electron chi connectivity index (χ4n) is 0. The van der Waals surface area contributed by atoms with Gasteiger partial charge in [0, 0.05) is 0 Å². The molecule has 0 aliphatic carbocycles. The first kappa shape index (κ1) is 8.92. The van der Waals surface area contributed by atoms with Crippen LogP contribution in [0.5, 0.6) is 0 Å². The summed E-state index contributed by atoms with van der Waals surface area (Å²) < 4.78 is 0. The van der Waals surface area contributed by atoms with Gasteiger partial charge < -0.3 is 5.21 Å². The van der Waals surface area contributed by atoms with E-state index in [2.05, 4.69) is 0 Å². The summed E-state index contributed by atoms with van der Waals surface area (Å²) in [6.07, 6.45) is 0. The summed E-state index contributed by atoms with van der Waals surface area (Å²) in [5.74, 6) is 0. The molecule has 0 rings (SSSR count). The molecule has 0 aromatic rings. The summed E-state index contributed by atoms with van der Waals surface area (Å²) in [6.45, 7) is 0. The molecular formula is H4BiNO3. The Labute approximate surface area is 47.0 Å². The van der Waals surface area contributed by atoms with Gasteiger partial charge in [-0.2, -0.15) is 0 Å². The monoisotopic (exact) mass is 275 g/mol. The average Bonchev–Trinajstić information content (AvgIpc) is 0.811. The summed E-state index contributed by atoms with van der Waals surface area (Å²) in [5.41, 5.74) is 0. The second kappa shape index (κ2) is 4.08. The third kappa shape index (κ3) is 2560. The minimum absolute atomic E-state index is 0. The summed E-state index contributed by atoms with van der Waals surface area (Å²) >= 11 is 0. The van der Waals surface area contributed by atoms with Crippen molar-refractivity contribution in [2.24, 2.45) is 0 Å². The van der Waals surface area contributed by atoms with Crippen LogP contribution in [0.2, 0.25) is 0 Å². The fraction of sp³-hybridized carbons (Fsp3) is 0. The molecule has 0 aromatic carbocycles. The van der Waals surface area contributed by atoms with Crippen molar-refractivity contribution < 1.29 is 10.3 Å². The summed E-state index contributed by atoms with van der Waals surface area (Å²) in [7, 11) is 0. The van der Waals surface area contributed by atoms with E-state index in [1.54, 1.807) is 0 Å². The molecule has 0 aliphatic rings. The Hall–Kier alpha value is 0.0831. The third-order valence-electron chi connectivity index (χ3n) is 0. The topological polar surface area (TPSA) is 63.4 Å². The van der Waals surface area contributed by atoms with Gasteiger partial charge in [-0.25, -0.2) is 0 Å². The van der Waals surface area contributed by atoms with Crippen molar-refractivity contribution in [1.82, 2.24) is 0 Å². The molecule has 5 heteroatoms. The zero-order valence-corrected chi connectivity index (χ0v) is 7.92. The van der Waals surface area contributed by atoms with Crippen molar-refractivity contribution in [3.05, 3.63) is 10.1 Å². The summed E-state index contributed by atoms with van der Waals surface area (Å²) in [5, 5.41) is 13.6. The molecular weight excluding hydrogens is 271 g/mol. The fourth-order valence-corrected chi connectivity index (χ4v) is 0. The van der Waals surface area contributed by atoms with Gasteiger partial charge in [-0.3, -0.25) is 0 Å². The van der Waals surface area contributed by atoms with E-state index in [0.29, 0.717) is 0 Å². The van der Waals surface area contributed by atoms with E-state index in [1.165, 1.54) is 0 Å². The number of hydrogen-bond donors (Lipinski definition) is 1. The minimum atomic E-state index is -1.50. The van der Waals surface area contributed by atoms with Gasteiger partial charge in [0.1, 0.15) is 0 Å². The maximum absolute atomic E-state index is 8.36. The van der Waals surface area contributed by atoms with Crippen LogP contribution in [0.25, 0.3) is 0 Å². The Kier molecular flexibility index (Phi) is 7.28. The normalized spacial score (nSPS) is 4.80. The molecule has 0 amide bonds. The van der Waals surface area contributed by atoms with Crippen molar-refractivity contribution in [2.45, 2.75) is 0 Å². The molecule has 32 valence electrons. The molecule has 0 heterocycles. The molecule has 0 spiro atoms. The van der Waals surface area contributed by atoms with E-state index in [0.717, 1.165) is 0 Å². The Morgan fingerprint density at radius 1 is 1.80 bits per heavy atom. The van der Waals surface area contributed by atoms with Crippen molar-refractivity contribution >= 4 is 26.2 Å². The molecule has 5 heavy (non-hydrogen) atoms. The molecule has 0 radical (unpaired) electrons. The molecule has 0 aromatic heterocycles. The van der Waals surface area contributed by atoms with Gasteiger partial charge >= 0.3 is 26.2 Å². The Balaban J connectivity index is 0.